The molecule has 21 heavy (non-hydrogen) atoms. The lowest BCUT2D eigenvalue weighted by Gasteiger charge is -2.13. The van der Waals surface area contributed by atoms with Gasteiger partial charge in [-0.15, -0.1) is 24.0 Å². The lowest BCUT2D eigenvalue weighted by Crippen LogP contribution is -2.38. The number of halogens is 1. The molecule has 2 unspecified atom stereocenters. The number of aliphatic imine (C=N–C) groups is 1. The Morgan fingerprint density at radius 3 is 2.48 bits per heavy atom. The van der Waals surface area contributed by atoms with Gasteiger partial charge in [0.2, 0.25) is 0 Å². The summed E-state index contributed by atoms with van der Waals surface area (Å²) >= 11 is 0. The average molecular weight is 405 g/mol. The van der Waals surface area contributed by atoms with Crippen LogP contribution in [0.1, 0.15) is 18.9 Å². The molecule has 6 heteroatoms. The molecule has 0 spiro atoms. The summed E-state index contributed by atoms with van der Waals surface area (Å²) in [5, 5.41) is 6.70. The van der Waals surface area contributed by atoms with Crippen molar-refractivity contribution >= 4 is 29.9 Å². The molecule has 1 fully saturated rings. The number of rotatable bonds is 5. The molecule has 0 amide bonds. The van der Waals surface area contributed by atoms with Crippen molar-refractivity contribution in [1.29, 1.82) is 0 Å². The first-order chi connectivity index (χ1) is 9.67. The Bertz CT molecular complexity index is 494. The number of nitrogens with zero attached hydrogens (tertiary/aromatic N) is 1. The van der Waals surface area contributed by atoms with E-state index in [1.807, 2.05) is 18.2 Å². The molecule has 2 rings (SSSR count). The maximum atomic E-state index is 5.30. The van der Waals surface area contributed by atoms with Crippen LogP contribution in [0, 0.1) is 5.92 Å². The molecule has 2 atom stereocenters. The van der Waals surface area contributed by atoms with Crippen molar-refractivity contribution in [3.63, 3.8) is 0 Å². The van der Waals surface area contributed by atoms with Crippen molar-refractivity contribution in [2.75, 3.05) is 21.3 Å². The van der Waals surface area contributed by atoms with Crippen molar-refractivity contribution in [3.05, 3.63) is 23.8 Å². The van der Waals surface area contributed by atoms with Gasteiger partial charge >= 0.3 is 0 Å². The van der Waals surface area contributed by atoms with Crippen LogP contribution in [-0.2, 0) is 6.54 Å². The number of hydrogen-bond acceptors (Lipinski definition) is 3. The third kappa shape index (κ3) is 4.94. The first-order valence-electron chi connectivity index (χ1n) is 6.86. The predicted octanol–water partition coefficient (Wildman–Crippen LogP) is 2.40. The summed E-state index contributed by atoms with van der Waals surface area (Å²) in [6, 6.07) is 6.46. The van der Waals surface area contributed by atoms with Crippen LogP contribution in [0.25, 0.3) is 0 Å². The standard InChI is InChI=1S/C15H23N3O2.HI/c1-10-7-12(10)18-15(16-2)17-9-11-5-6-13(19-3)14(8-11)20-4;/h5-6,8,10,12H,7,9H2,1-4H3,(H2,16,17,18);1H. The van der Waals surface area contributed by atoms with Gasteiger partial charge in [0, 0.05) is 19.6 Å². The van der Waals surface area contributed by atoms with Gasteiger partial charge in [0.15, 0.2) is 17.5 Å². The first-order valence-corrected chi connectivity index (χ1v) is 6.86. The molecule has 0 aromatic heterocycles. The van der Waals surface area contributed by atoms with Gasteiger partial charge < -0.3 is 20.1 Å². The van der Waals surface area contributed by atoms with Crippen LogP contribution >= 0.6 is 24.0 Å². The number of methoxy groups -OCH3 is 2. The van der Waals surface area contributed by atoms with Gasteiger partial charge in [-0.2, -0.15) is 0 Å². The normalized spacial score (nSPS) is 20.3. The summed E-state index contributed by atoms with van der Waals surface area (Å²) in [6.45, 7) is 2.93. The van der Waals surface area contributed by atoms with Gasteiger partial charge in [-0.25, -0.2) is 0 Å². The summed E-state index contributed by atoms with van der Waals surface area (Å²) in [5.74, 6) is 3.07. The fourth-order valence-electron chi connectivity index (χ4n) is 2.07. The molecular formula is C15H24IN3O2. The van der Waals surface area contributed by atoms with E-state index in [4.69, 9.17) is 9.47 Å². The minimum Gasteiger partial charge on any atom is -0.493 e. The van der Waals surface area contributed by atoms with Crippen molar-refractivity contribution in [2.45, 2.75) is 25.9 Å². The second-order valence-corrected chi connectivity index (χ2v) is 5.08. The van der Waals surface area contributed by atoms with E-state index in [2.05, 4.69) is 22.5 Å². The third-order valence-corrected chi connectivity index (χ3v) is 3.56. The highest BCUT2D eigenvalue weighted by Crippen LogP contribution is 2.29. The van der Waals surface area contributed by atoms with Crippen LogP contribution in [0.2, 0.25) is 0 Å². The van der Waals surface area contributed by atoms with E-state index in [1.54, 1.807) is 21.3 Å². The van der Waals surface area contributed by atoms with Gasteiger partial charge in [0.05, 0.1) is 14.2 Å². The fraction of sp³-hybridized carbons (Fsp3) is 0.533. The highest BCUT2D eigenvalue weighted by Gasteiger charge is 2.33. The monoisotopic (exact) mass is 405 g/mol. The first kappa shape index (κ1) is 17.9. The molecule has 0 heterocycles. The van der Waals surface area contributed by atoms with Gasteiger partial charge in [0.1, 0.15) is 0 Å². The van der Waals surface area contributed by atoms with Crippen LogP contribution in [0.3, 0.4) is 0 Å². The van der Waals surface area contributed by atoms with Crippen LogP contribution < -0.4 is 20.1 Å². The Labute approximate surface area is 143 Å². The molecule has 1 aromatic rings. The lowest BCUT2D eigenvalue weighted by atomic mass is 10.2. The summed E-state index contributed by atoms with van der Waals surface area (Å²) in [5.41, 5.74) is 1.12. The number of benzene rings is 1. The summed E-state index contributed by atoms with van der Waals surface area (Å²) in [4.78, 5) is 4.23. The summed E-state index contributed by atoms with van der Waals surface area (Å²) in [6.07, 6.45) is 1.22. The van der Waals surface area contributed by atoms with Crippen LogP contribution in [0.15, 0.2) is 23.2 Å². The zero-order valence-electron chi connectivity index (χ0n) is 13.0. The van der Waals surface area contributed by atoms with E-state index in [0.29, 0.717) is 12.6 Å². The lowest BCUT2D eigenvalue weighted by molar-refractivity contribution is 0.354. The Morgan fingerprint density at radius 1 is 1.29 bits per heavy atom. The van der Waals surface area contributed by atoms with Gasteiger partial charge in [0.25, 0.3) is 0 Å². The number of nitrogens with one attached hydrogen (secondary N) is 2. The van der Waals surface area contributed by atoms with E-state index >= 15 is 0 Å². The molecule has 0 saturated heterocycles. The van der Waals surface area contributed by atoms with Crippen molar-refractivity contribution in [3.8, 4) is 11.5 Å². The molecule has 0 aliphatic heterocycles. The Morgan fingerprint density at radius 2 is 1.95 bits per heavy atom. The van der Waals surface area contributed by atoms with E-state index in [9.17, 15) is 0 Å². The van der Waals surface area contributed by atoms with Gasteiger partial charge in [-0.1, -0.05) is 13.0 Å². The molecule has 1 aliphatic rings. The minimum absolute atomic E-state index is 0. The number of guanidine groups is 1. The zero-order valence-corrected chi connectivity index (χ0v) is 15.3. The molecule has 1 aromatic carbocycles. The van der Waals surface area contributed by atoms with Crippen LogP contribution in [-0.4, -0.2) is 33.3 Å². The quantitative estimate of drug-likeness (QED) is 0.449. The second kappa shape index (κ2) is 8.31. The number of ether oxygens (including phenoxy) is 2. The van der Waals surface area contributed by atoms with E-state index in [0.717, 1.165) is 28.9 Å². The smallest absolute Gasteiger partial charge is 0.191 e. The second-order valence-electron chi connectivity index (χ2n) is 5.08. The highest BCUT2D eigenvalue weighted by molar-refractivity contribution is 14.0. The SMILES string of the molecule is CN=C(NCc1ccc(OC)c(OC)c1)NC1CC1C.I. The molecule has 2 N–H and O–H groups in total. The molecule has 118 valence electrons. The summed E-state index contributed by atoms with van der Waals surface area (Å²) < 4.78 is 10.5. The van der Waals surface area contributed by atoms with Crippen LogP contribution in [0.4, 0.5) is 0 Å². The molecule has 1 saturated carbocycles. The summed E-state index contributed by atoms with van der Waals surface area (Å²) in [7, 11) is 5.07. The average Bonchev–Trinajstić information content (AvgIpc) is 3.18. The highest BCUT2D eigenvalue weighted by atomic mass is 127. The third-order valence-electron chi connectivity index (χ3n) is 3.56. The minimum atomic E-state index is 0. The molecule has 0 radical (unpaired) electrons. The maximum Gasteiger partial charge on any atom is 0.191 e. The van der Waals surface area contributed by atoms with Crippen molar-refractivity contribution in [1.82, 2.24) is 10.6 Å². The van der Waals surface area contributed by atoms with E-state index in [1.165, 1.54) is 6.42 Å². The topological polar surface area (TPSA) is 54.9 Å². The van der Waals surface area contributed by atoms with Crippen molar-refractivity contribution < 1.29 is 9.47 Å². The number of hydrogen-bond donors (Lipinski definition) is 2. The molecule has 0 bridgehead atoms. The fourth-order valence-corrected chi connectivity index (χ4v) is 2.07. The molecule has 1 aliphatic carbocycles. The Balaban J connectivity index is 0.00000220. The molecule has 5 nitrogen and oxygen atoms in total. The van der Waals surface area contributed by atoms with Crippen LogP contribution in [0.5, 0.6) is 11.5 Å². The molecular weight excluding hydrogens is 381 g/mol. The van der Waals surface area contributed by atoms with E-state index < -0.39 is 0 Å². The zero-order chi connectivity index (χ0) is 14.5. The Kier molecular flexibility index (Phi) is 7.07. The Hall–Kier alpha value is -1.18. The largest absolute Gasteiger partial charge is 0.493 e. The van der Waals surface area contributed by atoms with Gasteiger partial charge in [-0.3, -0.25) is 4.99 Å². The maximum absolute atomic E-state index is 5.30. The van der Waals surface area contributed by atoms with Crippen molar-refractivity contribution in [2.24, 2.45) is 10.9 Å². The van der Waals surface area contributed by atoms with E-state index in [-0.39, 0.29) is 24.0 Å². The van der Waals surface area contributed by atoms with Gasteiger partial charge in [-0.05, 0) is 30.0 Å². The predicted molar refractivity (Wildman–Crippen MR) is 95.9 cm³/mol.